The van der Waals surface area contributed by atoms with E-state index in [1.54, 1.807) is 12.1 Å². The number of nitrogens with one attached hydrogen (secondary N) is 1. The highest BCUT2D eigenvalue weighted by atomic mass is 79.9. The van der Waals surface area contributed by atoms with Crippen LogP contribution >= 0.6 is 15.9 Å². The number of aromatic hydroxyl groups is 1. The van der Waals surface area contributed by atoms with Gasteiger partial charge in [-0.15, -0.1) is 0 Å². The minimum atomic E-state index is -0.507. The van der Waals surface area contributed by atoms with Gasteiger partial charge in [-0.2, -0.15) is 0 Å². The normalized spacial score (nSPS) is 10.1. The number of rotatable bonds is 2. The first-order valence-electron chi connectivity index (χ1n) is 5.12. The highest BCUT2D eigenvalue weighted by Crippen LogP contribution is 2.25. The molecule has 1 amide bonds. The molecule has 92 valence electrons. The molecular weight excluding hydrogens is 301 g/mol. The van der Waals surface area contributed by atoms with Crippen molar-refractivity contribution in [1.29, 1.82) is 0 Å². The molecule has 18 heavy (non-hydrogen) atoms. The van der Waals surface area contributed by atoms with Crippen molar-refractivity contribution >= 4 is 27.5 Å². The largest absolute Gasteiger partial charge is 0.507 e. The van der Waals surface area contributed by atoms with Crippen LogP contribution in [-0.2, 0) is 0 Å². The summed E-state index contributed by atoms with van der Waals surface area (Å²) in [7, 11) is 0. The third-order valence-corrected chi connectivity index (χ3v) is 3.00. The molecule has 0 heterocycles. The lowest BCUT2D eigenvalue weighted by atomic mass is 10.2. The van der Waals surface area contributed by atoms with Crippen LogP contribution in [-0.4, -0.2) is 11.0 Å². The number of phenols is 1. The zero-order valence-corrected chi connectivity index (χ0v) is 10.7. The number of carbonyl (C=O) groups is 1. The van der Waals surface area contributed by atoms with Crippen molar-refractivity contribution in [2.45, 2.75) is 0 Å². The van der Waals surface area contributed by atoms with Crippen LogP contribution in [0.1, 0.15) is 10.4 Å². The van der Waals surface area contributed by atoms with Crippen molar-refractivity contribution in [3.05, 3.63) is 58.3 Å². The summed E-state index contributed by atoms with van der Waals surface area (Å²) >= 11 is 3.12. The molecule has 0 bridgehead atoms. The maximum atomic E-state index is 13.3. The van der Waals surface area contributed by atoms with Crippen molar-refractivity contribution < 1.29 is 14.3 Å². The third-order valence-electron chi connectivity index (χ3n) is 2.33. The van der Waals surface area contributed by atoms with Crippen LogP contribution in [0.4, 0.5) is 10.1 Å². The molecule has 0 spiro atoms. The Morgan fingerprint density at radius 2 is 1.94 bits per heavy atom. The zero-order valence-electron chi connectivity index (χ0n) is 9.15. The number of carbonyl (C=O) groups excluding carboxylic acids is 1. The second kappa shape index (κ2) is 5.18. The van der Waals surface area contributed by atoms with E-state index in [4.69, 9.17) is 0 Å². The van der Waals surface area contributed by atoms with Gasteiger partial charge in [-0.25, -0.2) is 4.39 Å². The van der Waals surface area contributed by atoms with Crippen molar-refractivity contribution in [3.8, 4) is 5.75 Å². The lowest BCUT2D eigenvalue weighted by Gasteiger charge is -2.07. The Kier molecular flexibility index (Phi) is 3.62. The molecule has 2 rings (SSSR count). The van der Waals surface area contributed by atoms with Gasteiger partial charge in [-0.3, -0.25) is 4.79 Å². The van der Waals surface area contributed by atoms with Gasteiger partial charge in [0.1, 0.15) is 11.6 Å². The van der Waals surface area contributed by atoms with E-state index in [1.807, 2.05) is 0 Å². The molecule has 0 aliphatic carbocycles. The summed E-state index contributed by atoms with van der Waals surface area (Å²) in [6.07, 6.45) is 0. The van der Waals surface area contributed by atoms with Crippen LogP contribution in [0.5, 0.6) is 5.75 Å². The van der Waals surface area contributed by atoms with E-state index in [9.17, 15) is 14.3 Å². The summed E-state index contributed by atoms with van der Waals surface area (Å²) in [5, 5.41) is 11.9. The molecule has 2 aromatic rings. The van der Waals surface area contributed by atoms with Crippen LogP contribution in [0.15, 0.2) is 46.9 Å². The average Bonchev–Trinajstić information content (AvgIpc) is 2.35. The van der Waals surface area contributed by atoms with Crippen molar-refractivity contribution in [1.82, 2.24) is 0 Å². The molecule has 3 nitrogen and oxygen atoms in total. The summed E-state index contributed by atoms with van der Waals surface area (Å²) in [6.45, 7) is 0. The van der Waals surface area contributed by atoms with Gasteiger partial charge in [0, 0.05) is 5.56 Å². The van der Waals surface area contributed by atoms with E-state index in [0.717, 1.165) is 0 Å². The van der Waals surface area contributed by atoms with Gasteiger partial charge in [-0.05, 0) is 46.3 Å². The molecule has 0 aliphatic heterocycles. The van der Waals surface area contributed by atoms with Crippen molar-refractivity contribution in [2.24, 2.45) is 0 Å². The quantitative estimate of drug-likeness (QED) is 0.891. The third kappa shape index (κ3) is 2.68. The van der Waals surface area contributed by atoms with Gasteiger partial charge in [-0.1, -0.05) is 12.1 Å². The number of para-hydroxylation sites is 1. The molecule has 0 saturated carbocycles. The van der Waals surface area contributed by atoms with Crippen LogP contribution < -0.4 is 5.32 Å². The number of anilines is 1. The first-order chi connectivity index (χ1) is 8.58. The molecule has 0 aliphatic rings. The highest BCUT2D eigenvalue weighted by Gasteiger charge is 2.10. The van der Waals surface area contributed by atoms with E-state index in [-0.39, 0.29) is 17.0 Å². The van der Waals surface area contributed by atoms with Crippen LogP contribution in [0.25, 0.3) is 0 Å². The smallest absolute Gasteiger partial charge is 0.255 e. The second-order valence-corrected chi connectivity index (χ2v) is 4.45. The predicted octanol–water partition coefficient (Wildman–Crippen LogP) is 3.55. The Hall–Kier alpha value is -1.88. The molecular formula is C13H9BrFNO2. The van der Waals surface area contributed by atoms with Crippen LogP contribution in [0.2, 0.25) is 0 Å². The fraction of sp³-hybridized carbons (Fsp3) is 0. The number of halogens is 2. The summed E-state index contributed by atoms with van der Waals surface area (Å²) in [4.78, 5) is 11.8. The SMILES string of the molecule is O=C(Nc1ccccc1F)c1ccc(Br)c(O)c1. The Balaban J connectivity index is 2.22. The molecule has 0 radical (unpaired) electrons. The van der Waals surface area contributed by atoms with E-state index in [0.29, 0.717) is 4.47 Å². The molecule has 0 fully saturated rings. The molecule has 2 aromatic carbocycles. The molecule has 5 heteroatoms. The average molecular weight is 310 g/mol. The molecule has 0 unspecified atom stereocenters. The number of hydrogen-bond donors (Lipinski definition) is 2. The second-order valence-electron chi connectivity index (χ2n) is 3.60. The van der Waals surface area contributed by atoms with E-state index < -0.39 is 11.7 Å². The zero-order chi connectivity index (χ0) is 13.1. The Morgan fingerprint density at radius 1 is 1.22 bits per heavy atom. The van der Waals surface area contributed by atoms with Crippen molar-refractivity contribution in [3.63, 3.8) is 0 Å². The Morgan fingerprint density at radius 3 is 2.61 bits per heavy atom. The van der Waals surface area contributed by atoms with E-state index in [2.05, 4.69) is 21.2 Å². The number of hydrogen-bond acceptors (Lipinski definition) is 2. The monoisotopic (exact) mass is 309 g/mol. The first-order valence-corrected chi connectivity index (χ1v) is 5.91. The van der Waals surface area contributed by atoms with Gasteiger partial charge in [0.05, 0.1) is 10.2 Å². The standard InChI is InChI=1S/C13H9BrFNO2/c14-9-6-5-8(7-12(9)17)13(18)16-11-4-2-1-3-10(11)15/h1-7,17H,(H,16,18). The van der Waals surface area contributed by atoms with Gasteiger partial charge >= 0.3 is 0 Å². The molecule has 0 saturated heterocycles. The molecule has 0 atom stereocenters. The minimum absolute atomic E-state index is 0.0452. The Bertz CT molecular complexity index is 601. The Labute approximate surface area is 111 Å². The van der Waals surface area contributed by atoms with Gasteiger partial charge < -0.3 is 10.4 Å². The fourth-order valence-electron chi connectivity index (χ4n) is 1.41. The summed E-state index contributed by atoms with van der Waals surface area (Å²) in [5.41, 5.74) is 0.351. The van der Waals surface area contributed by atoms with Gasteiger partial charge in [0.15, 0.2) is 0 Å². The lowest BCUT2D eigenvalue weighted by molar-refractivity contribution is 0.102. The van der Waals surface area contributed by atoms with E-state index in [1.165, 1.54) is 30.3 Å². The summed E-state index contributed by atoms with van der Waals surface area (Å²) < 4.78 is 13.8. The number of benzene rings is 2. The first kappa shape index (κ1) is 12.6. The van der Waals surface area contributed by atoms with Crippen molar-refractivity contribution in [2.75, 3.05) is 5.32 Å². The maximum absolute atomic E-state index is 13.3. The molecule has 2 N–H and O–H groups in total. The predicted molar refractivity (Wildman–Crippen MR) is 70.2 cm³/mol. The number of amides is 1. The van der Waals surface area contributed by atoms with Crippen LogP contribution in [0.3, 0.4) is 0 Å². The van der Waals surface area contributed by atoms with Gasteiger partial charge in [0.25, 0.3) is 5.91 Å². The molecule has 0 aromatic heterocycles. The highest BCUT2D eigenvalue weighted by molar-refractivity contribution is 9.10. The fourth-order valence-corrected chi connectivity index (χ4v) is 1.66. The number of phenolic OH excluding ortho intramolecular Hbond substituents is 1. The maximum Gasteiger partial charge on any atom is 0.255 e. The summed E-state index contributed by atoms with van der Waals surface area (Å²) in [6, 6.07) is 10.3. The van der Waals surface area contributed by atoms with E-state index >= 15 is 0 Å². The summed E-state index contributed by atoms with van der Waals surface area (Å²) in [5.74, 6) is -1.04. The van der Waals surface area contributed by atoms with Gasteiger partial charge in [0.2, 0.25) is 0 Å². The van der Waals surface area contributed by atoms with Crippen LogP contribution in [0, 0.1) is 5.82 Å². The lowest BCUT2D eigenvalue weighted by Crippen LogP contribution is -2.12. The minimum Gasteiger partial charge on any atom is -0.507 e. The topological polar surface area (TPSA) is 49.3 Å².